The summed E-state index contributed by atoms with van der Waals surface area (Å²) in [4.78, 5) is 34.7. The summed E-state index contributed by atoms with van der Waals surface area (Å²) in [5.41, 5.74) is 0.886. The summed E-state index contributed by atoms with van der Waals surface area (Å²) in [6, 6.07) is 0. The van der Waals surface area contributed by atoms with Gasteiger partial charge in [0.25, 0.3) is 0 Å². The van der Waals surface area contributed by atoms with E-state index in [1.54, 1.807) is 0 Å². The zero-order chi connectivity index (χ0) is 29.8. The van der Waals surface area contributed by atoms with E-state index >= 15 is 0 Å². The standard InChI is InChI=1S/C34H58N2O5/c1-22(2)7-6-8-23(3)27-11-12-28-26-10-9-24-21-25(15-17-33(24,4)29(26)16-18-34(27,28)5)41-32(40)36-20-19-35-30(37)13-14-31(38)39/h22-29H,6-21H2,1-5H3,(H,35,37)(H,36,40)(H,38,39)/t23-,24?,25+,26?,27-,28?,29?,33+,34-/m1/s1. The Labute approximate surface area is 248 Å². The van der Waals surface area contributed by atoms with Gasteiger partial charge in [0.15, 0.2) is 0 Å². The number of amides is 2. The maximum Gasteiger partial charge on any atom is 0.407 e. The molecule has 4 aliphatic carbocycles. The third kappa shape index (κ3) is 7.41. The molecule has 4 saturated carbocycles. The number of aliphatic carboxylic acids is 1. The summed E-state index contributed by atoms with van der Waals surface area (Å²) in [7, 11) is 0. The van der Waals surface area contributed by atoms with Crippen molar-refractivity contribution >= 4 is 18.0 Å². The van der Waals surface area contributed by atoms with Crippen LogP contribution in [-0.2, 0) is 14.3 Å². The average Bonchev–Trinajstić information content (AvgIpc) is 3.27. The lowest BCUT2D eigenvalue weighted by molar-refractivity contribution is -0.138. The van der Waals surface area contributed by atoms with Gasteiger partial charge in [0.1, 0.15) is 6.10 Å². The lowest BCUT2D eigenvalue weighted by atomic mass is 9.44. The molecule has 0 aliphatic heterocycles. The molecular formula is C34H58N2O5. The van der Waals surface area contributed by atoms with E-state index in [4.69, 9.17) is 9.84 Å². The van der Waals surface area contributed by atoms with Crippen LogP contribution in [0.3, 0.4) is 0 Å². The topological polar surface area (TPSA) is 105 Å². The molecule has 0 aromatic rings. The number of carbonyl (C=O) groups excluding carboxylic acids is 2. The van der Waals surface area contributed by atoms with Crippen LogP contribution in [0.1, 0.15) is 125 Å². The second-order valence-corrected chi connectivity index (χ2v) is 15.2. The smallest absolute Gasteiger partial charge is 0.407 e. The molecule has 0 spiro atoms. The Balaban J connectivity index is 1.24. The number of hydrogen-bond donors (Lipinski definition) is 3. The van der Waals surface area contributed by atoms with Gasteiger partial charge in [-0.3, -0.25) is 9.59 Å². The highest BCUT2D eigenvalue weighted by Crippen LogP contribution is 2.68. The first-order chi connectivity index (χ1) is 19.4. The van der Waals surface area contributed by atoms with Gasteiger partial charge in [0.2, 0.25) is 5.91 Å². The predicted molar refractivity (Wildman–Crippen MR) is 161 cm³/mol. The highest BCUT2D eigenvalue weighted by Gasteiger charge is 2.60. The minimum absolute atomic E-state index is 0.0359. The first-order valence-corrected chi connectivity index (χ1v) is 16.9. The van der Waals surface area contributed by atoms with E-state index in [9.17, 15) is 14.4 Å². The summed E-state index contributed by atoms with van der Waals surface area (Å²) in [6.07, 6.45) is 14.8. The quantitative estimate of drug-likeness (QED) is 0.214. The number of nitrogens with one attached hydrogen (secondary N) is 2. The van der Waals surface area contributed by atoms with E-state index in [1.807, 2.05) is 0 Å². The second-order valence-electron chi connectivity index (χ2n) is 15.2. The molecule has 0 aromatic carbocycles. The third-order valence-corrected chi connectivity index (χ3v) is 12.4. The molecule has 0 saturated heterocycles. The minimum atomic E-state index is -0.995. The van der Waals surface area contributed by atoms with Crippen LogP contribution in [0.4, 0.5) is 4.79 Å². The molecule has 234 valence electrons. The predicted octanol–water partition coefficient (Wildman–Crippen LogP) is 7.18. The van der Waals surface area contributed by atoms with E-state index < -0.39 is 12.1 Å². The summed E-state index contributed by atoms with van der Waals surface area (Å²) >= 11 is 0. The average molecular weight is 575 g/mol. The molecule has 9 atom stereocenters. The van der Waals surface area contributed by atoms with Crippen LogP contribution >= 0.6 is 0 Å². The SMILES string of the molecule is CC(C)CCC[C@@H](C)[C@H]1CCC2C3CCC4C[C@@H](OC(=O)NCCNC(=O)CCC(=O)O)CC[C@]4(C)C3CC[C@@]21C. The van der Waals surface area contributed by atoms with Crippen molar-refractivity contribution in [3.8, 4) is 0 Å². The van der Waals surface area contributed by atoms with Crippen molar-refractivity contribution in [3.63, 3.8) is 0 Å². The van der Waals surface area contributed by atoms with Crippen molar-refractivity contribution in [2.45, 2.75) is 131 Å². The Morgan fingerprint density at radius 1 is 0.854 bits per heavy atom. The molecule has 4 aliphatic rings. The lowest BCUT2D eigenvalue weighted by Gasteiger charge is -2.61. The molecule has 2 amide bonds. The van der Waals surface area contributed by atoms with Gasteiger partial charge >= 0.3 is 12.1 Å². The number of carboxylic acid groups (broad SMARTS) is 1. The van der Waals surface area contributed by atoms with Crippen LogP contribution in [0.15, 0.2) is 0 Å². The third-order valence-electron chi connectivity index (χ3n) is 12.4. The van der Waals surface area contributed by atoms with Gasteiger partial charge in [0, 0.05) is 19.5 Å². The monoisotopic (exact) mass is 574 g/mol. The Kier molecular flexibility index (Phi) is 10.7. The van der Waals surface area contributed by atoms with Crippen molar-refractivity contribution < 1.29 is 24.2 Å². The summed E-state index contributed by atoms with van der Waals surface area (Å²) < 4.78 is 5.84. The zero-order valence-corrected chi connectivity index (χ0v) is 26.5. The highest BCUT2D eigenvalue weighted by molar-refractivity contribution is 5.80. The van der Waals surface area contributed by atoms with Gasteiger partial charge in [-0.2, -0.15) is 0 Å². The van der Waals surface area contributed by atoms with Gasteiger partial charge in [-0.1, -0.05) is 53.9 Å². The van der Waals surface area contributed by atoms with E-state index in [-0.39, 0.29) is 37.9 Å². The number of ether oxygens (including phenoxy) is 1. The summed E-state index contributed by atoms with van der Waals surface area (Å²) in [5.74, 6) is 4.44. The van der Waals surface area contributed by atoms with E-state index in [2.05, 4.69) is 45.3 Å². The van der Waals surface area contributed by atoms with Crippen molar-refractivity contribution in [1.82, 2.24) is 10.6 Å². The Bertz CT molecular complexity index is 923. The number of rotatable bonds is 12. The fourth-order valence-corrected chi connectivity index (χ4v) is 10.2. The molecule has 0 heterocycles. The number of alkyl carbamates (subject to hydrolysis) is 1. The molecule has 3 N–H and O–H groups in total. The zero-order valence-electron chi connectivity index (χ0n) is 26.5. The number of hydrogen-bond acceptors (Lipinski definition) is 4. The Hall–Kier alpha value is -1.79. The molecule has 7 nitrogen and oxygen atoms in total. The van der Waals surface area contributed by atoms with Crippen molar-refractivity contribution in [2.75, 3.05) is 13.1 Å². The van der Waals surface area contributed by atoms with Crippen LogP contribution in [0.25, 0.3) is 0 Å². The fourth-order valence-electron chi connectivity index (χ4n) is 10.2. The number of fused-ring (bicyclic) bond motifs is 5. The Morgan fingerprint density at radius 2 is 1.56 bits per heavy atom. The second kappa shape index (κ2) is 13.7. The minimum Gasteiger partial charge on any atom is -0.481 e. The summed E-state index contributed by atoms with van der Waals surface area (Å²) in [5, 5.41) is 14.0. The van der Waals surface area contributed by atoms with Gasteiger partial charge in [-0.25, -0.2) is 4.79 Å². The van der Waals surface area contributed by atoms with Gasteiger partial charge in [-0.05, 0) is 110 Å². The molecule has 4 rings (SSSR count). The maximum absolute atomic E-state index is 12.5. The molecule has 0 radical (unpaired) electrons. The molecular weight excluding hydrogens is 516 g/mol. The number of carbonyl (C=O) groups is 3. The van der Waals surface area contributed by atoms with Crippen molar-refractivity contribution in [2.24, 2.45) is 52.3 Å². The van der Waals surface area contributed by atoms with E-state index in [0.717, 1.165) is 54.8 Å². The summed E-state index contributed by atoms with van der Waals surface area (Å²) in [6.45, 7) is 13.0. The molecule has 0 aromatic heterocycles. The van der Waals surface area contributed by atoms with Crippen LogP contribution in [0.2, 0.25) is 0 Å². The molecule has 4 fully saturated rings. The van der Waals surface area contributed by atoms with Crippen LogP contribution in [-0.4, -0.2) is 42.3 Å². The normalized spacial score (nSPS) is 36.9. The highest BCUT2D eigenvalue weighted by atomic mass is 16.6. The Morgan fingerprint density at radius 3 is 2.29 bits per heavy atom. The largest absolute Gasteiger partial charge is 0.481 e. The van der Waals surface area contributed by atoms with Crippen molar-refractivity contribution in [3.05, 3.63) is 0 Å². The molecule has 4 unspecified atom stereocenters. The fraction of sp³-hybridized carbons (Fsp3) is 0.912. The van der Waals surface area contributed by atoms with Crippen LogP contribution in [0, 0.1) is 52.3 Å². The van der Waals surface area contributed by atoms with Gasteiger partial charge in [-0.15, -0.1) is 0 Å². The van der Waals surface area contributed by atoms with E-state index in [0.29, 0.717) is 16.7 Å². The van der Waals surface area contributed by atoms with Crippen LogP contribution < -0.4 is 10.6 Å². The first kappa shape index (κ1) is 32.1. The van der Waals surface area contributed by atoms with Gasteiger partial charge in [0.05, 0.1) is 6.42 Å². The van der Waals surface area contributed by atoms with Crippen LogP contribution in [0.5, 0.6) is 0 Å². The maximum atomic E-state index is 12.5. The van der Waals surface area contributed by atoms with Crippen molar-refractivity contribution in [1.29, 1.82) is 0 Å². The lowest BCUT2D eigenvalue weighted by Crippen LogP contribution is -2.54. The molecule has 7 heteroatoms. The van der Waals surface area contributed by atoms with Gasteiger partial charge < -0.3 is 20.5 Å². The molecule has 41 heavy (non-hydrogen) atoms. The first-order valence-electron chi connectivity index (χ1n) is 16.9. The number of carboxylic acids is 1. The molecule has 0 bridgehead atoms. The van der Waals surface area contributed by atoms with E-state index in [1.165, 1.54) is 57.8 Å².